The van der Waals surface area contributed by atoms with E-state index in [0.717, 1.165) is 37.6 Å². The Hall–Kier alpha value is -3.85. The van der Waals surface area contributed by atoms with Crippen LogP contribution >= 0.6 is 0 Å². The summed E-state index contributed by atoms with van der Waals surface area (Å²) in [6.45, 7) is 7.95. The van der Waals surface area contributed by atoms with Gasteiger partial charge in [-0.2, -0.15) is 4.98 Å². The normalized spacial score (nSPS) is 14.3. The number of aromatic nitrogens is 2. The van der Waals surface area contributed by atoms with Gasteiger partial charge < -0.3 is 31.3 Å². The van der Waals surface area contributed by atoms with Crippen molar-refractivity contribution in [1.82, 2.24) is 14.9 Å². The van der Waals surface area contributed by atoms with Crippen molar-refractivity contribution in [2.45, 2.75) is 19.8 Å². The number of carbonyl (C=O) groups excluding carboxylic acids is 1. The minimum atomic E-state index is -0.665. The molecule has 178 valence electrons. The molecule has 1 saturated heterocycles. The van der Waals surface area contributed by atoms with Gasteiger partial charge in [0.05, 0.1) is 0 Å². The molecule has 34 heavy (non-hydrogen) atoms. The molecule has 1 aliphatic rings. The summed E-state index contributed by atoms with van der Waals surface area (Å²) in [5.74, 6) is 0.357. The van der Waals surface area contributed by atoms with E-state index in [2.05, 4.69) is 44.3 Å². The lowest BCUT2D eigenvalue weighted by Crippen LogP contribution is -2.44. The third-order valence-corrected chi connectivity index (χ3v) is 5.74. The Morgan fingerprint density at radius 3 is 2.38 bits per heavy atom. The topological polar surface area (TPSA) is 123 Å². The van der Waals surface area contributed by atoms with Gasteiger partial charge in [0.1, 0.15) is 11.4 Å². The van der Waals surface area contributed by atoms with Crippen molar-refractivity contribution in [2.75, 3.05) is 49.2 Å². The minimum absolute atomic E-state index is 0.0430. The Bertz CT molecular complexity index is 1160. The predicted molar refractivity (Wildman–Crippen MR) is 135 cm³/mol. The maximum Gasteiger partial charge on any atom is 0.271 e. The van der Waals surface area contributed by atoms with Crippen LogP contribution in [0.2, 0.25) is 0 Å². The minimum Gasteiger partial charge on any atom is -0.437 e. The van der Waals surface area contributed by atoms with Crippen molar-refractivity contribution in [3.8, 4) is 11.6 Å². The summed E-state index contributed by atoms with van der Waals surface area (Å²) in [4.78, 5) is 26.0. The van der Waals surface area contributed by atoms with Crippen LogP contribution in [0.15, 0.2) is 48.5 Å². The Labute approximate surface area is 199 Å². The third kappa shape index (κ3) is 5.37. The molecule has 5 N–H and O–H groups in total. The van der Waals surface area contributed by atoms with Gasteiger partial charge in [0.15, 0.2) is 11.5 Å². The Morgan fingerprint density at radius 1 is 1.06 bits per heavy atom. The lowest BCUT2D eigenvalue weighted by atomic mass is 10.1. The van der Waals surface area contributed by atoms with Gasteiger partial charge in [-0.3, -0.25) is 4.79 Å². The van der Waals surface area contributed by atoms with Gasteiger partial charge in [-0.1, -0.05) is 19.9 Å². The number of hydrogen-bond acceptors (Lipinski definition) is 8. The fourth-order valence-corrected chi connectivity index (χ4v) is 3.79. The van der Waals surface area contributed by atoms with Crippen molar-refractivity contribution >= 4 is 28.8 Å². The summed E-state index contributed by atoms with van der Waals surface area (Å²) < 4.78 is 6.02. The second kappa shape index (κ2) is 9.96. The highest BCUT2D eigenvalue weighted by Gasteiger charge is 2.21. The molecular formula is C25H31N7O2. The first-order valence-corrected chi connectivity index (χ1v) is 11.4. The van der Waals surface area contributed by atoms with Crippen LogP contribution in [0, 0.1) is 0 Å². The molecule has 0 aliphatic carbocycles. The molecule has 9 heteroatoms. The van der Waals surface area contributed by atoms with Gasteiger partial charge >= 0.3 is 0 Å². The molecule has 2 heterocycles. The van der Waals surface area contributed by atoms with Gasteiger partial charge in [-0.15, -0.1) is 0 Å². The first-order chi connectivity index (χ1) is 16.3. The van der Waals surface area contributed by atoms with E-state index in [4.69, 9.17) is 16.2 Å². The molecule has 4 rings (SSSR count). The summed E-state index contributed by atoms with van der Waals surface area (Å²) in [5, 5.41) is 3.19. The second-order valence-electron chi connectivity index (χ2n) is 8.77. The SMILES string of the molecule is CC(C)c1nc(C(N)=O)c(Nc2ccc(N3CCN(C)CC3)cc2)nc1Oc1cccc(N)c1. The van der Waals surface area contributed by atoms with Crippen molar-refractivity contribution in [3.05, 3.63) is 59.9 Å². The zero-order valence-electron chi connectivity index (χ0n) is 19.8. The number of nitrogen functional groups attached to an aromatic ring is 1. The van der Waals surface area contributed by atoms with E-state index in [1.807, 2.05) is 26.0 Å². The average molecular weight is 462 g/mol. The molecule has 1 amide bonds. The predicted octanol–water partition coefficient (Wildman–Crippen LogP) is 3.57. The number of rotatable bonds is 7. The zero-order valence-corrected chi connectivity index (χ0v) is 19.8. The van der Waals surface area contributed by atoms with Gasteiger partial charge in [-0.25, -0.2) is 4.98 Å². The Kier molecular flexibility index (Phi) is 6.83. The first-order valence-electron chi connectivity index (χ1n) is 11.4. The van der Waals surface area contributed by atoms with Crippen LogP contribution in [-0.2, 0) is 0 Å². The highest BCUT2D eigenvalue weighted by molar-refractivity contribution is 5.96. The second-order valence-corrected chi connectivity index (χ2v) is 8.77. The lowest BCUT2D eigenvalue weighted by Gasteiger charge is -2.34. The van der Waals surface area contributed by atoms with Crippen LogP contribution in [0.5, 0.6) is 11.6 Å². The van der Waals surface area contributed by atoms with E-state index < -0.39 is 5.91 Å². The molecule has 1 aliphatic heterocycles. The number of carbonyl (C=O) groups is 1. The van der Waals surface area contributed by atoms with Gasteiger partial charge in [0.25, 0.3) is 5.91 Å². The zero-order chi connectivity index (χ0) is 24.2. The molecule has 0 unspecified atom stereocenters. The van der Waals surface area contributed by atoms with Crippen LogP contribution in [-0.4, -0.2) is 54.0 Å². The van der Waals surface area contributed by atoms with Gasteiger partial charge in [-0.05, 0) is 43.4 Å². The molecule has 0 saturated carbocycles. The number of nitrogens with one attached hydrogen (secondary N) is 1. The maximum absolute atomic E-state index is 12.2. The number of likely N-dealkylation sites (N-methyl/N-ethyl adjacent to an activating group) is 1. The fourth-order valence-electron chi connectivity index (χ4n) is 3.79. The summed E-state index contributed by atoms with van der Waals surface area (Å²) in [7, 11) is 2.14. The number of anilines is 4. The summed E-state index contributed by atoms with van der Waals surface area (Å²) >= 11 is 0. The largest absolute Gasteiger partial charge is 0.437 e. The number of hydrogen-bond donors (Lipinski definition) is 3. The molecule has 3 aromatic rings. The van der Waals surface area contributed by atoms with E-state index >= 15 is 0 Å². The Morgan fingerprint density at radius 2 is 1.76 bits per heavy atom. The highest BCUT2D eigenvalue weighted by Crippen LogP contribution is 2.32. The molecule has 1 fully saturated rings. The molecule has 0 atom stereocenters. The van der Waals surface area contributed by atoms with Crippen LogP contribution in [0.4, 0.5) is 22.9 Å². The van der Waals surface area contributed by atoms with Crippen molar-refractivity contribution in [2.24, 2.45) is 5.73 Å². The quantitative estimate of drug-likeness (QED) is 0.457. The van der Waals surface area contributed by atoms with E-state index in [0.29, 0.717) is 23.0 Å². The standard InChI is InChI=1S/C25H31N7O2/c1-16(2)21-25(34-20-6-4-5-17(26)15-20)30-24(22(29-21)23(27)33)28-18-7-9-19(10-8-18)32-13-11-31(3)12-14-32/h4-10,15-16H,11-14,26H2,1-3H3,(H2,27,33)(H,28,30). The number of primary amides is 1. The smallest absolute Gasteiger partial charge is 0.271 e. The van der Waals surface area contributed by atoms with E-state index in [9.17, 15) is 4.79 Å². The molecular weight excluding hydrogens is 430 g/mol. The number of amides is 1. The van der Waals surface area contributed by atoms with Gasteiger partial charge in [0, 0.05) is 55.2 Å². The molecule has 9 nitrogen and oxygen atoms in total. The monoisotopic (exact) mass is 461 g/mol. The maximum atomic E-state index is 12.2. The van der Waals surface area contributed by atoms with E-state index in [1.54, 1.807) is 24.3 Å². The number of nitrogens with zero attached hydrogens (tertiary/aromatic N) is 4. The number of ether oxygens (including phenoxy) is 1. The van der Waals surface area contributed by atoms with E-state index in [-0.39, 0.29) is 17.4 Å². The third-order valence-electron chi connectivity index (χ3n) is 5.74. The summed E-state index contributed by atoms with van der Waals surface area (Å²) in [5.41, 5.74) is 14.6. The van der Waals surface area contributed by atoms with Crippen LogP contribution in [0.1, 0.15) is 35.9 Å². The van der Waals surface area contributed by atoms with Crippen LogP contribution in [0.25, 0.3) is 0 Å². The average Bonchev–Trinajstić information content (AvgIpc) is 2.80. The number of piperazine rings is 1. The van der Waals surface area contributed by atoms with Crippen LogP contribution < -0.4 is 26.4 Å². The lowest BCUT2D eigenvalue weighted by molar-refractivity contribution is 0.0995. The van der Waals surface area contributed by atoms with Crippen molar-refractivity contribution in [3.63, 3.8) is 0 Å². The molecule has 1 aromatic heterocycles. The summed E-state index contributed by atoms with van der Waals surface area (Å²) in [6.07, 6.45) is 0. The van der Waals surface area contributed by atoms with E-state index in [1.165, 1.54) is 0 Å². The molecule has 2 aromatic carbocycles. The number of nitrogens with two attached hydrogens (primary N) is 2. The molecule has 0 spiro atoms. The molecule has 0 radical (unpaired) electrons. The van der Waals surface area contributed by atoms with Crippen LogP contribution in [0.3, 0.4) is 0 Å². The molecule has 0 bridgehead atoms. The van der Waals surface area contributed by atoms with Gasteiger partial charge in [0.2, 0.25) is 5.88 Å². The fraction of sp³-hybridized carbons (Fsp3) is 0.320. The summed E-state index contributed by atoms with van der Waals surface area (Å²) in [6, 6.07) is 15.1. The van der Waals surface area contributed by atoms with Crippen molar-refractivity contribution < 1.29 is 9.53 Å². The Balaban J connectivity index is 1.62. The highest BCUT2D eigenvalue weighted by atomic mass is 16.5. The van der Waals surface area contributed by atoms with Crippen molar-refractivity contribution in [1.29, 1.82) is 0 Å². The first kappa shape index (κ1) is 23.3. The number of benzene rings is 2.